The van der Waals surface area contributed by atoms with Crippen LogP contribution in [0.15, 0.2) is 42.7 Å². The fraction of sp³-hybridized carbons (Fsp3) is 0.474. The van der Waals surface area contributed by atoms with Crippen LogP contribution in [0, 0.1) is 12.8 Å². The molecule has 5 heteroatoms. The Kier molecular flexibility index (Phi) is 5.30. The molecule has 2 aromatic rings. The molecule has 0 unspecified atom stereocenters. The highest BCUT2D eigenvalue weighted by Crippen LogP contribution is 2.40. The van der Waals surface area contributed by atoms with Gasteiger partial charge in [-0.15, -0.1) is 0 Å². The lowest BCUT2D eigenvalue weighted by molar-refractivity contribution is -0.121. The van der Waals surface area contributed by atoms with Gasteiger partial charge in [-0.25, -0.2) is 0 Å². The summed E-state index contributed by atoms with van der Waals surface area (Å²) in [6.45, 7) is 5.23. The lowest BCUT2D eigenvalue weighted by Crippen LogP contribution is -2.41. The SMILES string of the molecule is Cc1ccc([C@H](NC(=O)CN[C@@H](C)Cn2cccn2)C2CC2)cc1. The van der Waals surface area contributed by atoms with E-state index >= 15 is 0 Å². The van der Waals surface area contributed by atoms with Crippen molar-refractivity contribution in [3.05, 3.63) is 53.9 Å². The third-order valence-corrected chi connectivity index (χ3v) is 4.48. The van der Waals surface area contributed by atoms with Gasteiger partial charge in [0.1, 0.15) is 0 Å². The van der Waals surface area contributed by atoms with E-state index < -0.39 is 0 Å². The third kappa shape index (κ3) is 4.68. The van der Waals surface area contributed by atoms with Crippen molar-refractivity contribution in [2.45, 2.75) is 45.3 Å². The van der Waals surface area contributed by atoms with Gasteiger partial charge in [0.2, 0.25) is 5.91 Å². The summed E-state index contributed by atoms with van der Waals surface area (Å²) >= 11 is 0. The van der Waals surface area contributed by atoms with E-state index in [9.17, 15) is 4.79 Å². The van der Waals surface area contributed by atoms with E-state index in [0.29, 0.717) is 12.5 Å². The minimum absolute atomic E-state index is 0.0554. The zero-order valence-corrected chi connectivity index (χ0v) is 14.4. The van der Waals surface area contributed by atoms with Crippen LogP contribution < -0.4 is 10.6 Å². The van der Waals surface area contributed by atoms with Crippen molar-refractivity contribution in [2.75, 3.05) is 6.54 Å². The topological polar surface area (TPSA) is 59.0 Å². The van der Waals surface area contributed by atoms with Gasteiger partial charge in [0, 0.05) is 18.4 Å². The number of benzene rings is 1. The number of hydrogen-bond acceptors (Lipinski definition) is 3. The Morgan fingerprint density at radius 2 is 2.08 bits per heavy atom. The number of aromatic nitrogens is 2. The monoisotopic (exact) mass is 326 g/mol. The van der Waals surface area contributed by atoms with Gasteiger partial charge >= 0.3 is 0 Å². The van der Waals surface area contributed by atoms with E-state index in [1.807, 2.05) is 16.9 Å². The predicted molar refractivity (Wildman–Crippen MR) is 94.5 cm³/mol. The number of amides is 1. The number of carbonyl (C=O) groups excluding carboxylic acids is 1. The molecule has 0 aliphatic heterocycles. The molecule has 0 saturated heterocycles. The average molecular weight is 326 g/mol. The smallest absolute Gasteiger partial charge is 0.234 e. The van der Waals surface area contributed by atoms with Gasteiger partial charge in [-0.1, -0.05) is 29.8 Å². The maximum atomic E-state index is 12.3. The lowest BCUT2D eigenvalue weighted by atomic mass is 10.0. The Bertz CT molecular complexity index is 647. The molecule has 1 saturated carbocycles. The minimum atomic E-state index is 0.0554. The summed E-state index contributed by atoms with van der Waals surface area (Å²) in [5, 5.41) is 10.7. The Labute approximate surface area is 143 Å². The average Bonchev–Trinajstić information content (AvgIpc) is 3.29. The van der Waals surface area contributed by atoms with Crippen LogP contribution in [-0.2, 0) is 11.3 Å². The highest BCUT2D eigenvalue weighted by molar-refractivity contribution is 5.78. The molecule has 0 spiro atoms. The summed E-state index contributed by atoms with van der Waals surface area (Å²) in [4.78, 5) is 12.3. The number of hydrogen-bond donors (Lipinski definition) is 2. The van der Waals surface area contributed by atoms with Crippen LogP contribution in [0.4, 0.5) is 0 Å². The maximum absolute atomic E-state index is 12.3. The molecule has 1 aromatic heterocycles. The van der Waals surface area contributed by atoms with Crippen LogP contribution in [0.1, 0.15) is 36.9 Å². The highest BCUT2D eigenvalue weighted by Gasteiger charge is 2.33. The van der Waals surface area contributed by atoms with Crippen molar-refractivity contribution < 1.29 is 4.79 Å². The fourth-order valence-corrected chi connectivity index (χ4v) is 2.92. The maximum Gasteiger partial charge on any atom is 0.234 e. The Balaban J connectivity index is 1.49. The molecule has 1 aromatic carbocycles. The van der Waals surface area contributed by atoms with E-state index in [0.717, 1.165) is 6.54 Å². The third-order valence-electron chi connectivity index (χ3n) is 4.48. The van der Waals surface area contributed by atoms with Crippen LogP contribution >= 0.6 is 0 Å². The van der Waals surface area contributed by atoms with Gasteiger partial charge in [0.25, 0.3) is 0 Å². The first-order valence-corrected chi connectivity index (χ1v) is 8.68. The van der Waals surface area contributed by atoms with Gasteiger partial charge in [-0.3, -0.25) is 9.48 Å². The molecule has 1 aliphatic rings. The molecule has 1 amide bonds. The molecule has 0 bridgehead atoms. The number of rotatable bonds is 8. The summed E-state index contributed by atoms with van der Waals surface area (Å²) in [6, 6.07) is 10.7. The zero-order chi connectivity index (χ0) is 16.9. The van der Waals surface area contributed by atoms with Crippen LogP contribution in [0.3, 0.4) is 0 Å². The molecular weight excluding hydrogens is 300 g/mol. The summed E-state index contributed by atoms with van der Waals surface area (Å²) < 4.78 is 1.87. The molecule has 128 valence electrons. The van der Waals surface area contributed by atoms with Crippen molar-refractivity contribution in [1.29, 1.82) is 0 Å². The molecule has 5 nitrogen and oxygen atoms in total. The second kappa shape index (κ2) is 7.62. The van der Waals surface area contributed by atoms with Crippen LogP contribution in [0.25, 0.3) is 0 Å². The number of nitrogens with one attached hydrogen (secondary N) is 2. The van der Waals surface area contributed by atoms with E-state index in [2.05, 4.69) is 53.8 Å². The molecule has 1 aliphatic carbocycles. The van der Waals surface area contributed by atoms with Crippen molar-refractivity contribution in [3.63, 3.8) is 0 Å². The van der Waals surface area contributed by atoms with Gasteiger partial charge in [0.05, 0.1) is 19.1 Å². The summed E-state index contributed by atoms with van der Waals surface area (Å²) in [6.07, 6.45) is 6.09. The standard InChI is InChI=1S/C19H26N4O/c1-14-4-6-16(7-5-14)19(17-8-9-17)22-18(24)12-20-15(2)13-23-11-3-10-21-23/h3-7,10-11,15,17,19-20H,8-9,12-13H2,1-2H3,(H,22,24)/t15-,19-/m0/s1. The van der Waals surface area contributed by atoms with Crippen molar-refractivity contribution in [2.24, 2.45) is 5.92 Å². The fourth-order valence-electron chi connectivity index (χ4n) is 2.92. The molecule has 1 heterocycles. The van der Waals surface area contributed by atoms with E-state index in [1.54, 1.807) is 6.20 Å². The Morgan fingerprint density at radius 1 is 1.33 bits per heavy atom. The first-order chi connectivity index (χ1) is 11.6. The van der Waals surface area contributed by atoms with Crippen LogP contribution in [-0.4, -0.2) is 28.3 Å². The first-order valence-electron chi connectivity index (χ1n) is 8.68. The van der Waals surface area contributed by atoms with Gasteiger partial charge < -0.3 is 10.6 Å². The lowest BCUT2D eigenvalue weighted by Gasteiger charge is -2.20. The predicted octanol–water partition coefficient (Wildman–Crippen LogP) is 2.44. The van der Waals surface area contributed by atoms with Gasteiger partial charge in [-0.05, 0) is 44.2 Å². The molecule has 3 rings (SSSR count). The number of nitrogens with zero attached hydrogens (tertiary/aromatic N) is 2. The minimum Gasteiger partial charge on any atom is -0.348 e. The normalized spacial score (nSPS) is 16.6. The Hall–Kier alpha value is -2.14. The molecule has 2 atom stereocenters. The molecular formula is C19H26N4O. The van der Waals surface area contributed by atoms with E-state index in [1.165, 1.54) is 24.0 Å². The second-order valence-corrected chi connectivity index (χ2v) is 6.80. The summed E-state index contributed by atoms with van der Waals surface area (Å²) in [5.41, 5.74) is 2.45. The zero-order valence-electron chi connectivity index (χ0n) is 14.4. The number of aryl methyl sites for hydroxylation is 1. The first kappa shape index (κ1) is 16.7. The number of carbonyl (C=O) groups is 1. The van der Waals surface area contributed by atoms with Crippen molar-refractivity contribution >= 4 is 5.91 Å². The van der Waals surface area contributed by atoms with Crippen LogP contribution in [0.5, 0.6) is 0 Å². The second-order valence-electron chi connectivity index (χ2n) is 6.80. The largest absolute Gasteiger partial charge is 0.348 e. The molecule has 24 heavy (non-hydrogen) atoms. The highest BCUT2D eigenvalue weighted by atomic mass is 16.2. The van der Waals surface area contributed by atoms with E-state index in [4.69, 9.17) is 0 Å². The molecule has 2 N–H and O–H groups in total. The van der Waals surface area contributed by atoms with Crippen LogP contribution in [0.2, 0.25) is 0 Å². The van der Waals surface area contributed by atoms with Gasteiger partial charge in [0.15, 0.2) is 0 Å². The summed E-state index contributed by atoms with van der Waals surface area (Å²) in [7, 11) is 0. The Morgan fingerprint density at radius 3 is 2.71 bits per heavy atom. The van der Waals surface area contributed by atoms with Crippen molar-refractivity contribution in [1.82, 2.24) is 20.4 Å². The quantitative estimate of drug-likeness (QED) is 0.783. The van der Waals surface area contributed by atoms with Gasteiger partial charge in [-0.2, -0.15) is 5.10 Å². The molecule has 0 radical (unpaired) electrons. The van der Waals surface area contributed by atoms with E-state index in [-0.39, 0.29) is 18.0 Å². The molecule has 1 fully saturated rings. The summed E-state index contributed by atoms with van der Waals surface area (Å²) in [5.74, 6) is 0.637. The van der Waals surface area contributed by atoms with Crippen molar-refractivity contribution in [3.8, 4) is 0 Å².